The quantitative estimate of drug-likeness (QED) is 0.337. The highest BCUT2D eigenvalue weighted by Crippen LogP contribution is 2.51. The molecule has 5 rings (SSSR count). The van der Waals surface area contributed by atoms with Gasteiger partial charge in [-0.3, -0.25) is 4.79 Å². The van der Waals surface area contributed by atoms with Gasteiger partial charge in [0.25, 0.3) is 0 Å². The van der Waals surface area contributed by atoms with Crippen LogP contribution in [-0.2, 0) is 10.2 Å². The van der Waals surface area contributed by atoms with Crippen molar-refractivity contribution in [2.45, 2.75) is 43.3 Å². The maximum atomic E-state index is 13.6. The Bertz CT molecular complexity index is 1300. The molecule has 40 heavy (non-hydrogen) atoms. The predicted molar refractivity (Wildman–Crippen MR) is 146 cm³/mol. The molecule has 1 unspecified atom stereocenters. The Hall–Kier alpha value is -3.85. The fraction of sp³-hybridized carbons (Fsp3) is 0.355. The standard InChI is InChI=1S/C31H32F3N3O3/c32-31(33,34)21-35-28(38)30(26-14-6-4-12-24(26)25-13-5-7-15-27(25)30)17-8-9-18-37-19-16-22(20-37)36-29(39)40-23-10-2-1-3-11-23/h1-7,10-15,22H,8-9,16-21H2,(H,35,38)(H,36,39). The summed E-state index contributed by atoms with van der Waals surface area (Å²) >= 11 is 0. The Kier molecular flexibility index (Phi) is 8.12. The van der Waals surface area contributed by atoms with Gasteiger partial charge in [-0.1, -0.05) is 73.2 Å². The van der Waals surface area contributed by atoms with Crippen LogP contribution in [0.1, 0.15) is 36.8 Å². The van der Waals surface area contributed by atoms with Gasteiger partial charge in [-0.05, 0) is 60.2 Å². The Morgan fingerprint density at radius 1 is 0.900 bits per heavy atom. The SMILES string of the molecule is O=C(NC1CCN(CCCCC2(C(=O)NCC(F)(F)F)c3ccccc3-c3ccccc32)C1)Oc1ccccc1. The van der Waals surface area contributed by atoms with Crippen molar-refractivity contribution in [3.8, 4) is 16.9 Å². The number of likely N-dealkylation sites (tertiary alicyclic amines) is 1. The lowest BCUT2D eigenvalue weighted by Crippen LogP contribution is -2.47. The van der Waals surface area contributed by atoms with Gasteiger partial charge in [0, 0.05) is 19.1 Å². The zero-order chi connectivity index (χ0) is 28.2. The zero-order valence-corrected chi connectivity index (χ0v) is 22.0. The summed E-state index contributed by atoms with van der Waals surface area (Å²) in [6, 6.07) is 23.8. The van der Waals surface area contributed by atoms with Gasteiger partial charge in [-0.15, -0.1) is 0 Å². The molecule has 6 nitrogen and oxygen atoms in total. The molecular weight excluding hydrogens is 519 g/mol. The number of hydrogen-bond donors (Lipinski definition) is 2. The Morgan fingerprint density at radius 3 is 2.17 bits per heavy atom. The Balaban J connectivity index is 1.21. The average Bonchev–Trinajstić information content (AvgIpc) is 3.50. The molecule has 1 atom stereocenters. The van der Waals surface area contributed by atoms with E-state index in [0.29, 0.717) is 25.1 Å². The summed E-state index contributed by atoms with van der Waals surface area (Å²) in [5, 5.41) is 5.10. The van der Waals surface area contributed by atoms with E-state index in [1.54, 1.807) is 24.3 Å². The number of para-hydroxylation sites is 1. The first-order chi connectivity index (χ1) is 19.3. The van der Waals surface area contributed by atoms with E-state index in [9.17, 15) is 22.8 Å². The molecule has 0 saturated carbocycles. The van der Waals surface area contributed by atoms with Crippen molar-refractivity contribution in [3.63, 3.8) is 0 Å². The van der Waals surface area contributed by atoms with Crippen molar-refractivity contribution in [2.24, 2.45) is 0 Å². The van der Waals surface area contributed by atoms with Crippen LogP contribution >= 0.6 is 0 Å². The summed E-state index contributed by atoms with van der Waals surface area (Å²) in [4.78, 5) is 28.1. The minimum Gasteiger partial charge on any atom is -0.410 e. The van der Waals surface area contributed by atoms with Crippen LogP contribution in [0.25, 0.3) is 11.1 Å². The maximum absolute atomic E-state index is 13.6. The second-order valence-corrected chi connectivity index (χ2v) is 10.4. The van der Waals surface area contributed by atoms with Crippen molar-refractivity contribution >= 4 is 12.0 Å². The number of carbonyl (C=O) groups excluding carboxylic acids is 2. The van der Waals surface area contributed by atoms with Gasteiger partial charge in [0.1, 0.15) is 17.7 Å². The summed E-state index contributed by atoms with van der Waals surface area (Å²) in [5.41, 5.74) is 2.08. The molecule has 3 aromatic carbocycles. The van der Waals surface area contributed by atoms with Crippen molar-refractivity contribution in [1.82, 2.24) is 15.5 Å². The molecule has 1 heterocycles. The summed E-state index contributed by atoms with van der Waals surface area (Å²) in [6.07, 6.45) is -2.38. The molecule has 1 saturated heterocycles. The number of carbonyl (C=O) groups is 2. The fourth-order valence-corrected chi connectivity index (χ4v) is 5.96. The van der Waals surface area contributed by atoms with Gasteiger partial charge in [0.05, 0.1) is 0 Å². The lowest BCUT2D eigenvalue weighted by Gasteiger charge is -2.31. The van der Waals surface area contributed by atoms with E-state index < -0.39 is 30.1 Å². The molecule has 2 aliphatic rings. The number of rotatable bonds is 9. The minimum absolute atomic E-state index is 0.0238. The van der Waals surface area contributed by atoms with E-state index in [0.717, 1.165) is 48.2 Å². The molecule has 0 spiro atoms. The van der Waals surface area contributed by atoms with Crippen LogP contribution in [0.15, 0.2) is 78.9 Å². The Labute approximate surface area is 231 Å². The molecule has 9 heteroatoms. The van der Waals surface area contributed by atoms with Gasteiger partial charge >= 0.3 is 12.3 Å². The minimum atomic E-state index is -4.50. The topological polar surface area (TPSA) is 70.7 Å². The number of halogens is 3. The van der Waals surface area contributed by atoms with Gasteiger partial charge in [0.2, 0.25) is 5.91 Å². The van der Waals surface area contributed by atoms with Crippen molar-refractivity contribution in [1.29, 1.82) is 0 Å². The first kappa shape index (κ1) is 27.7. The molecule has 0 radical (unpaired) electrons. The molecule has 1 aliphatic heterocycles. The van der Waals surface area contributed by atoms with Crippen LogP contribution in [0, 0.1) is 0 Å². The number of nitrogens with zero attached hydrogens (tertiary/aromatic N) is 1. The first-order valence-corrected chi connectivity index (χ1v) is 13.6. The number of benzene rings is 3. The van der Waals surface area contributed by atoms with E-state index >= 15 is 0 Å². The molecule has 2 N–H and O–H groups in total. The Morgan fingerprint density at radius 2 is 1.52 bits per heavy atom. The van der Waals surface area contributed by atoms with E-state index in [-0.39, 0.29) is 6.04 Å². The third kappa shape index (κ3) is 5.99. The summed E-state index contributed by atoms with van der Waals surface area (Å²) in [6.45, 7) is 0.897. The van der Waals surface area contributed by atoms with Crippen molar-refractivity contribution in [2.75, 3.05) is 26.2 Å². The number of nitrogens with one attached hydrogen (secondary N) is 2. The van der Waals surface area contributed by atoms with E-state index in [1.807, 2.05) is 54.6 Å². The predicted octanol–water partition coefficient (Wildman–Crippen LogP) is 5.66. The fourth-order valence-electron chi connectivity index (χ4n) is 5.96. The molecule has 3 aromatic rings. The highest BCUT2D eigenvalue weighted by molar-refractivity contribution is 6.00. The average molecular weight is 552 g/mol. The largest absolute Gasteiger partial charge is 0.412 e. The monoisotopic (exact) mass is 551 g/mol. The number of hydrogen-bond acceptors (Lipinski definition) is 4. The normalized spacial score (nSPS) is 17.6. The van der Waals surface area contributed by atoms with Gasteiger partial charge < -0.3 is 20.3 Å². The van der Waals surface area contributed by atoms with Crippen LogP contribution in [0.5, 0.6) is 5.75 Å². The van der Waals surface area contributed by atoms with E-state index in [4.69, 9.17) is 4.74 Å². The summed E-state index contributed by atoms with van der Waals surface area (Å²) in [5.74, 6) is -0.136. The highest BCUT2D eigenvalue weighted by Gasteiger charge is 2.49. The maximum Gasteiger partial charge on any atom is 0.412 e. The second-order valence-electron chi connectivity index (χ2n) is 10.4. The van der Waals surface area contributed by atoms with Crippen molar-refractivity contribution in [3.05, 3.63) is 90.0 Å². The number of amides is 2. The second kappa shape index (κ2) is 11.7. The molecular formula is C31H32F3N3O3. The van der Waals surface area contributed by atoms with Crippen LogP contribution in [0.3, 0.4) is 0 Å². The number of ether oxygens (including phenoxy) is 1. The van der Waals surface area contributed by atoms with Crippen LogP contribution < -0.4 is 15.4 Å². The van der Waals surface area contributed by atoms with Gasteiger partial charge in [-0.25, -0.2) is 4.79 Å². The number of fused-ring (bicyclic) bond motifs is 3. The van der Waals surface area contributed by atoms with Crippen LogP contribution in [0.4, 0.5) is 18.0 Å². The molecule has 1 aliphatic carbocycles. The molecule has 210 valence electrons. The number of unbranched alkanes of at least 4 members (excludes halogenated alkanes) is 1. The zero-order valence-electron chi connectivity index (χ0n) is 22.0. The third-order valence-corrected chi connectivity index (χ3v) is 7.73. The molecule has 2 amide bonds. The lowest BCUT2D eigenvalue weighted by atomic mass is 9.73. The smallest absolute Gasteiger partial charge is 0.410 e. The number of alkyl halides is 3. The van der Waals surface area contributed by atoms with E-state index in [2.05, 4.69) is 15.5 Å². The van der Waals surface area contributed by atoms with Crippen LogP contribution in [-0.4, -0.2) is 55.3 Å². The van der Waals surface area contributed by atoms with Crippen LogP contribution in [0.2, 0.25) is 0 Å². The highest BCUT2D eigenvalue weighted by atomic mass is 19.4. The summed E-state index contributed by atoms with van der Waals surface area (Å²) < 4.78 is 44.5. The van der Waals surface area contributed by atoms with Crippen molar-refractivity contribution < 1.29 is 27.5 Å². The van der Waals surface area contributed by atoms with Gasteiger partial charge in [-0.2, -0.15) is 13.2 Å². The summed E-state index contributed by atoms with van der Waals surface area (Å²) in [7, 11) is 0. The lowest BCUT2D eigenvalue weighted by molar-refractivity contribution is -0.141. The third-order valence-electron chi connectivity index (χ3n) is 7.73. The van der Waals surface area contributed by atoms with E-state index in [1.165, 1.54) is 0 Å². The molecule has 0 bridgehead atoms. The first-order valence-electron chi connectivity index (χ1n) is 13.6. The molecule has 1 fully saturated rings. The molecule has 0 aromatic heterocycles. The van der Waals surface area contributed by atoms with Gasteiger partial charge in [0.15, 0.2) is 0 Å².